The lowest BCUT2D eigenvalue weighted by Gasteiger charge is -2.46. The molecule has 3 unspecified atom stereocenters. The predicted molar refractivity (Wildman–Crippen MR) is 145 cm³/mol. The van der Waals surface area contributed by atoms with Crippen molar-refractivity contribution in [1.29, 1.82) is 0 Å². The van der Waals surface area contributed by atoms with Gasteiger partial charge < -0.3 is 26.0 Å². The van der Waals surface area contributed by atoms with Crippen molar-refractivity contribution in [3.63, 3.8) is 0 Å². The van der Waals surface area contributed by atoms with Crippen LogP contribution >= 0.6 is 0 Å². The van der Waals surface area contributed by atoms with Gasteiger partial charge in [-0.15, -0.1) is 0 Å². The summed E-state index contributed by atoms with van der Waals surface area (Å²) >= 11 is 0. The topological polar surface area (TPSA) is 79.6 Å². The Morgan fingerprint density at radius 1 is 1.05 bits per heavy atom. The van der Waals surface area contributed by atoms with Crippen molar-refractivity contribution in [2.45, 2.75) is 43.9 Å². The molecule has 0 radical (unpaired) electrons. The SMILES string of the molecule is NCCCN(CC1CCC2C(O1)c1cc(C(F)F)ccc1N[C@H]2c1ccccc1)C(=O)Nc1ccccc1. The number of hydrogen-bond donors (Lipinski definition) is 3. The molecule has 2 aliphatic heterocycles. The van der Waals surface area contributed by atoms with Crippen molar-refractivity contribution in [3.8, 4) is 0 Å². The molecule has 4 atom stereocenters. The molecule has 6 nitrogen and oxygen atoms in total. The molecule has 2 aliphatic rings. The molecular formula is C30H34F2N4O2. The first-order valence-corrected chi connectivity index (χ1v) is 13.2. The zero-order chi connectivity index (χ0) is 26.5. The Balaban J connectivity index is 1.38. The molecule has 38 heavy (non-hydrogen) atoms. The Morgan fingerprint density at radius 2 is 1.79 bits per heavy atom. The molecule has 1 saturated heterocycles. The molecule has 1 fully saturated rings. The van der Waals surface area contributed by atoms with Crippen LogP contribution < -0.4 is 16.4 Å². The zero-order valence-electron chi connectivity index (χ0n) is 21.2. The summed E-state index contributed by atoms with van der Waals surface area (Å²) in [6.45, 7) is 1.37. The quantitative estimate of drug-likeness (QED) is 0.316. The van der Waals surface area contributed by atoms with Crippen LogP contribution in [0.3, 0.4) is 0 Å². The number of para-hydroxylation sites is 1. The van der Waals surface area contributed by atoms with Gasteiger partial charge in [0.25, 0.3) is 6.43 Å². The first-order chi connectivity index (χ1) is 18.5. The summed E-state index contributed by atoms with van der Waals surface area (Å²) in [5, 5.41) is 6.55. The highest BCUT2D eigenvalue weighted by atomic mass is 19.3. The molecule has 2 heterocycles. The van der Waals surface area contributed by atoms with Crippen molar-refractivity contribution < 1.29 is 18.3 Å². The largest absolute Gasteiger partial charge is 0.378 e. The molecule has 0 aromatic heterocycles. The molecule has 8 heteroatoms. The van der Waals surface area contributed by atoms with Gasteiger partial charge in [-0.05, 0) is 55.6 Å². The first-order valence-electron chi connectivity index (χ1n) is 13.2. The van der Waals surface area contributed by atoms with Crippen molar-refractivity contribution in [3.05, 3.63) is 95.6 Å². The van der Waals surface area contributed by atoms with Crippen LogP contribution in [-0.4, -0.2) is 36.7 Å². The highest BCUT2D eigenvalue weighted by Crippen LogP contribution is 2.51. The van der Waals surface area contributed by atoms with Crippen molar-refractivity contribution in [2.75, 3.05) is 30.3 Å². The van der Waals surface area contributed by atoms with E-state index >= 15 is 0 Å². The lowest BCUT2D eigenvalue weighted by Crippen LogP contribution is -2.46. The number of nitrogens with two attached hydrogens (primary N) is 1. The predicted octanol–water partition coefficient (Wildman–Crippen LogP) is 6.51. The van der Waals surface area contributed by atoms with Gasteiger partial charge in [-0.2, -0.15) is 0 Å². The Labute approximate surface area is 222 Å². The van der Waals surface area contributed by atoms with E-state index in [1.165, 1.54) is 6.07 Å². The maximum absolute atomic E-state index is 13.6. The highest BCUT2D eigenvalue weighted by molar-refractivity contribution is 5.89. The Bertz CT molecular complexity index is 1210. The van der Waals surface area contributed by atoms with Crippen molar-refractivity contribution >= 4 is 17.4 Å². The van der Waals surface area contributed by atoms with Gasteiger partial charge in [0.05, 0.1) is 18.2 Å². The monoisotopic (exact) mass is 520 g/mol. The number of nitrogens with zero attached hydrogens (tertiary/aromatic N) is 1. The van der Waals surface area contributed by atoms with E-state index in [9.17, 15) is 13.6 Å². The fourth-order valence-corrected chi connectivity index (χ4v) is 5.56. The van der Waals surface area contributed by atoms with Crippen LogP contribution in [0.25, 0.3) is 0 Å². The van der Waals surface area contributed by atoms with Gasteiger partial charge >= 0.3 is 6.03 Å². The van der Waals surface area contributed by atoms with E-state index in [2.05, 4.69) is 22.8 Å². The lowest BCUT2D eigenvalue weighted by atomic mass is 9.76. The number of halogens is 2. The Kier molecular flexibility index (Phi) is 8.20. The third kappa shape index (κ3) is 5.81. The second-order valence-electron chi connectivity index (χ2n) is 9.98. The Morgan fingerprint density at radius 3 is 2.50 bits per heavy atom. The minimum atomic E-state index is -2.56. The fraction of sp³-hybridized carbons (Fsp3) is 0.367. The molecule has 5 rings (SSSR count). The lowest BCUT2D eigenvalue weighted by molar-refractivity contribution is -0.0990. The van der Waals surface area contributed by atoms with Gasteiger partial charge in [-0.1, -0.05) is 54.6 Å². The average molecular weight is 521 g/mol. The molecule has 2 amide bonds. The molecule has 0 bridgehead atoms. The summed E-state index contributed by atoms with van der Waals surface area (Å²) in [6, 6.07) is 24.1. The number of nitrogens with one attached hydrogen (secondary N) is 2. The number of ether oxygens (including phenoxy) is 1. The van der Waals surface area contributed by atoms with Crippen LogP contribution in [-0.2, 0) is 4.74 Å². The molecule has 0 aliphatic carbocycles. The molecular weight excluding hydrogens is 486 g/mol. The second-order valence-corrected chi connectivity index (χ2v) is 9.98. The second kappa shape index (κ2) is 11.9. The fourth-order valence-electron chi connectivity index (χ4n) is 5.56. The van der Waals surface area contributed by atoms with E-state index in [0.717, 1.165) is 35.3 Å². The maximum Gasteiger partial charge on any atom is 0.321 e. The minimum absolute atomic E-state index is 0.00164. The van der Waals surface area contributed by atoms with Crippen molar-refractivity contribution in [2.24, 2.45) is 11.7 Å². The zero-order valence-corrected chi connectivity index (χ0v) is 21.2. The van der Waals surface area contributed by atoms with Crippen LogP contribution in [0.2, 0.25) is 0 Å². The van der Waals surface area contributed by atoms with Crippen LogP contribution in [0.15, 0.2) is 78.9 Å². The van der Waals surface area contributed by atoms with Gasteiger partial charge in [0.2, 0.25) is 0 Å². The minimum Gasteiger partial charge on any atom is -0.378 e. The number of fused-ring (bicyclic) bond motifs is 3. The number of rotatable bonds is 8. The van der Waals surface area contributed by atoms with Crippen molar-refractivity contribution in [1.82, 2.24) is 4.90 Å². The number of carbonyl (C=O) groups excluding carboxylic acids is 1. The highest BCUT2D eigenvalue weighted by Gasteiger charge is 2.43. The number of urea groups is 1. The molecule has 3 aromatic carbocycles. The molecule has 0 saturated carbocycles. The first kappa shape index (κ1) is 26.1. The van der Waals surface area contributed by atoms with E-state index in [-0.39, 0.29) is 35.8 Å². The molecule has 3 aromatic rings. The number of alkyl halides is 2. The number of benzene rings is 3. The molecule has 0 spiro atoms. The van der Waals surface area contributed by atoms with Crippen LogP contribution in [0, 0.1) is 5.92 Å². The van der Waals surface area contributed by atoms with E-state index in [1.807, 2.05) is 48.5 Å². The summed E-state index contributed by atoms with van der Waals surface area (Å²) in [7, 11) is 0. The summed E-state index contributed by atoms with van der Waals surface area (Å²) in [5.74, 6) is 0.0738. The smallest absolute Gasteiger partial charge is 0.321 e. The number of carbonyl (C=O) groups is 1. The number of anilines is 2. The molecule has 200 valence electrons. The van der Waals surface area contributed by atoms with Gasteiger partial charge in [0, 0.05) is 41.5 Å². The normalized spacial score (nSPS) is 22.2. The third-order valence-corrected chi connectivity index (χ3v) is 7.45. The number of amides is 2. The van der Waals surface area contributed by atoms with Crippen LogP contribution in [0.4, 0.5) is 25.0 Å². The summed E-state index contributed by atoms with van der Waals surface area (Å²) in [5.41, 5.74) is 9.17. The summed E-state index contributed by atoms with van der Waals surface area (Å²) in [4.78, 5) is 14.9. The van der Waals surface area contributed by atoms with E-state index in [4.69, 9.17) is 10.5 Å². The van der Waals surface area contributed by atoms with Crippen LogP contribution in [0.1, 0.15) is 54.5 Å². The van der Waals surface area contributed by atoms with Gasteiger partial charge in [-0.25, -0.2) is 13.6 Å². The van der Waals surface area contributed by atoms with Gasteiger partial charge in [0.15, 0.2) is 0 Å². The van der Waals surface area contributed by atoms with E-state index < -0.39 is 6.43 Å². The van der Waals surface area contributed by atoms with Gasteiger partial charge in [-0.3, -0.25) is 0 Å². The third-order valence-electron chi connectivity index (χ3n) is 7.45. The average Bonchev–Trinajstić information content (AvgIpc) is 2.95. The summed E-state index contributed by atoms with van der Waals surface area (Å²) < 4.78 is 33.9. The standard InChI is InChI=1S/C30H34F2N4O2/c31-29(32)21-12-15-26-25(18-21)28-24(27(35-26)20-8-3-1-4-9-20)14-13-23(38-28)19-36(17-7-16-33)30(37)34-22-10-5-2-6-11-22/h1-6,8-12,15,18,23-24,27-29,35H,7,13-14,16-17,19,33H2,(H,34,37)/t23?,24?,27-,28?/m0/s1. The van der Waals surface area contributed by atoms with E-state index in [0.29, 0.717) is 26.1 Å². The number of hydrogen-bond acceptors (Lipinski definition) is 4. The molecule has 4 N–H and O–H groups in total. The van der Waals surface area contributed by atoms with Crippen LogP contribution in [0.5, 0.6) is 0 Å². The summed E-state index contributed by atoms with van der Waals surface area (Å²) in [6.07, 6.45) is -0.880. The van der Waals surface area contributed by atoms with Gasteiger partial charge in [0.1, 0.15) is 0 Å². The maximum atomic E-state index is 13.6. The van der Waals surface area contributed by atoms with E-state index in [1.54, 1.807) is 17.0 Å². The Hall–Kier alpha value is -3.49.